The van der Waals surface area contributed by atoms with Crippen LogP contribution in [0.2, 0.25) is 0 Å². The Morgan fingerprint density at radius 3 is 3.09 bits per heavy atom. The van der Waals surface area contributed by atoms with Crippen LogP contribution in [-0.2, 0) is 17.6 Å². The van der Waals surface area contributed by atoms with Crippen LogP contribution >= 0.6 is 0 Å². The highest BCUT2D eigenvalue weighted by Crippen LogP contribution is 2.27. The predicted octanol–water partition coefficient (Wildman–Crippen LogP) is 2.40. The normalized spacial score (nSPS) is 18.4. The van der Waals surface area contributed by atoms with Crippen molar-refractivity contribution in [2.75, 3.05) is 7.11 Å². The number of amides is 1. The highest BCUT2D eigenvalue weighted by Gasteiger charge is 2.27. The molecule has 0 saturated heterocycles. The Hall–Kier alpha value is -2.30. The number of carbonyl (C=O) groups is 1. The molecule has 0 aliphatic heterocycles. The maximum Gasteiger partial charge on any atom is 0.223 e. The Morgan fingerprint density at radius 2 is 2.27 bits per heavy atom. The second-order valence-electron chi connectivity index (χ2n) is 5.79. The van der Waals surface area contributed by atoms with E-state index >= 15 is 0 Å². The van der Waals surface area contributed by atoms with Gasteiger partial charge < -0.3 is 10.1 Å². The molecule has 1 aliphatic rings. The number of hydrogen-bond donors (Lipinski definition) is 2. The molecule has 1 amide bonds. The Balaban J connectivity index is 1.67. The minimum Gasteiger partial charge on any atom is -0.496 e. The molecule has 1 aromatic heterocycles. The van der Waals surface area contributed by atoms with Gasteiger partial charge in [0.2, 0.25) is 5.91 Å². The third kappa shape index (κ3) is 2.84. The number of ether oxygens (including phenoxy) is 1. The van der Waals surface area contributed by atoms with Gasteiger partial charge in [-0.2, -0.15) is 5.10 Å². The lowest BCUT2D eigenvalue weighted by Crippen LogP contribution is -2.35. The molecule has 5 heteroatoms. The quantitative estimate of drug-likeness (QED) is 0.911. The number of nitrogens with zero attached hydrogens (tertiary/aromatic N) is 1. The SMILES string of the molecule is COc1ccccc1[C@H](C)NC(=O)[C@@H]1CCc2[nH]ncc2C1. The first-order valence-electron chi connectivity index (χ1n) is 7.63. The Kier molecular flexibility index (Phi) is 4.13. The molecule has 0 unspecified atom stereocenters. The molecule has 22 heavy (non-hydrogen) atoms. The molecule has 0 radical (unpaired) electrons. The highest BCUT2D eigenvalue weighted by molar-refractivity contribution is 5.79. The summed E-state index contributed by atoms with van der Waals surface area (Å²) in [6.45, 7) is 1.99. The summed E-state index contributed by atoms with van der Waals surface area (Å²) in [7, 11) is 1.65. The number of nitrogens with one attached hydrogen (secondary N) is 2. The summed E-state index contributed by atoms with van der Waals surface area (Å²) in [5.41, 5.74) is 3.33. The fourth-order valence-electron chi connectivity index (χ4n) is 3.07. The van der Waals surface area contributed by atoms with Crippen molar-refractivity contribution >= 4 is 5.91 Å². The number of benzene rings is 1. The number of aromatic amines is 1. The van der Waals surface area contributed by atoms with Crippen LogP contribution in [0.4, 0.5) is 0 Å². The van der Waals surface area contributed by atoms with E-state index in [2.05, 4.69) is 15.5 Å². The largest absolute Gasteiger partial charge is 0.496 e. The van der Waals surface area contributed by atoms with Gasteiger partial charge in [-0.05, 0) is 37.8 Å². The summed E-state index contributed by atoms with van der Waals surface area (Å²) in [4.78, 5) is 12.5. The lowest BCUT2D eigenvalue weighted by atomic mass is 9.87. The first kappa shape index (κ1) is 14.6. The second kappa shape index (κ2) is 6.22. The number of fused-ring (bicyclic) bond motifs is 1. The van der Waals surface area contributed by atoms with Crippen molar-refractivity contribution in [2.45, 2.75) is 32.2 Å². The average Bonchev–Trinajstić information content (AvgIpc) is 3.02. The number of carbonyl (C=O) groups excluding carboxylic acids is 1. The van der Waals surface area contributed by atoms with Crippen LogP contribution in [0.3, 0.4) is 0 Å². The highest BCUT2D eigenvalue weighted by atomic mass is 16.5. The number of methoxy groups -OCH3 is 1. The Labute approximate surface area is 130 Å². The van der Waals surface area contributed by atoms with Crippen LogP contribution < -0.4 is 10.1 Å². The molecule has 2 aromatic rings. The Morgan fingerprint density at radius 1 is 1.45 bits per heavy atom. The molecule has 3 rings (SSSR count). The Bertz CT molecular complexity index is 665. The zero-order chi connectivity index (χ0) is 15.5. The molecule has 1 heterocycles. The minimum atomic E-state index is -0.0746. The fraction of sp³-hybridized carbons (Fsp3) is 0.412. The third-order valence-electron chi connectivity index (χ3n) is 4.35. The van der Waals surface area contributed by atoms with E-state index in [9.17, 15) is 4.79 Å². The lowest BCUT2D eigenvalue weighted by molar-refractivity contribution is -0.126. The fourth-order valence-corrected chi connectivity index (χ4v) is 3.07. The van der Waals surface area contributed by atoms with Crippen molar-refractivity contribution < 1.29 is 9.53 Å². The number of aromatic nitrogens is 2. The van der Waals surface area contributed by atoms with E-state index in [-0.39, 0.29) is 17.9 Å². The zero-order valence-corrected chi connectivity index (χ0v) is 12.9. The number of rotatable bonds is 4. The lowest BCUT2D eigenvalue weighted by Gasteiger charge is -2.24. The maximum atomic E-state index is 12.5. The van der Waals surface area contributed by atoms with Crippen molar-refractivity contribution in [2.24, 2.45) is 5.92 Å². The van der Waals surface area contributed by atoms with Crippen LogP contribution in [0.5, 0.6) is 5.75 Å². The van der Waals surface area contributed by atoms with E-state index in [4.69, 9.17) is 4.74 Å². The second-order valence-corrected chi connectivity index (χ2v) is 5.79. The molecule has 1 aliphatic carbocycles. The van der Waals surface area contributed by atoms with Gasteiger partial charge in [0.15, 0.2) is 0 Å². The standard InChI is InChI=1S/C17H21N3O2/c1-11(14-5-3-4-6-16(14)22-2)19-17(21)12-7-8-15-13(9-12)10-18-20-15/h3-6,10-12H,7-9H2,1-2H3,(H,18,20)(H,19,21)/t11-,12+/m0/s1. The first-order valence-corrected chi connectivity index (χ1v) is 7.63. The number of aryl methyl sites for hydroxylation is 1. The summed E-state index contributed by atoms with van der Waals surface area (Å²) in [6, 6.07) is 7.71. The average molecular weight is 299 g/mol. The topological polar surface area (TPSA) is 67.0 Å². The van der Waals surface area contributed by atoms with Gasteiger partial charge in [-0.1, -0.05) is 18.2 Å². The first-order chi connectivity index (χ1) is 10.7. The molecule has 0 saturated carbocycles. The van der Waals surface area contributed by atoms with E-state index in [0.717, 1.165) is 36.1 Å². The van der Waals surface area contributed by atoms with Crippen LogP contribution in [0.1, 0.15) is 36.2 Å². The van der Waals surface area contributed by atoms with Gasteiger partial charge in [0.05, 0.1) is 19.3 Å². The summed E-state index contributed by atoms with van der Waals surface area (Å²) >= 11 is 0. The van der Waals surface area contributed by atoms with Crippen molar-refractivity contribution in [1.82, 2.24) is 15.5 Å². The van der Waals surface area contributed by atoms with Crippen molar-refractivity contribution in [3.05, 3.63) is 47.3 Å². The van der Waals surface area contributed by atoms with E-state index in [0.29, 0.717) is 0 Å². The van der Waals surface area contributed by atoms with Gasteiger partial charge in [-0.15, -0.1) is 0 Å². The van der Waals surface area contributed by atoms with Crippen LogP contribution in [0, 0.1) is 5.92 Å². The van der Waals surface area contributed by atoms with Crippen molar-refractivity contribution in [1.29, 1.82) is 0 Å². The van der Waals surface area contributed by atoms with E-state index in [1.807, 2.05) is 37.4 Å². The van der Waals surface area contributed by atoms with E-state index in [1.54, 1.807) is 7.11 Å². The molecule has 0 spiro atoms. The molecular formula is C17H21N3O2. The summed E-state index contributed by atoms with van der Waals surface area (Å²) in [6.07, 6.45) is 4.34. The monoisotopic (exact) mass is 299 g/mol. The number of hydrogen-bond acceptors (Lipinski definition) is 3. The smallest absolute Gasteiger partial charge is 0.223 e. The van der Waals surface area contributed by atoms with E-state index < -0.39 is 0 Å². The molecule has 2 atom stereocenters. The molecule has 116 valence electrons. The van der Waals surface area contributed by atoms with Gasteiger partial charge in [0.25, 0.3) is 0 Å². The van der Waals surface area contributed by atoms with E-state index in [1.165, 1.54) is 5.69 Å². The number of H-pyrrole nitrogens is 1. The molecular weight excluding hydrogens is 278 g/mol. The van der Waals surface area contributed by atoms with Gasteiger partial charge in [0, 0.05) is 17.2 Å². The van der Waals surface area contributed by atoms with Crippen molar-refractivity contribution in [3.63, 3.8) is 0 Å². The van der Waals surface area contributed by atoms with Crippen LogP contribution in [-0.4, -0.2) is 23.2 Å². The molecule has 5 nitrogen and oxygen atoms in total. The van der Waals surface area contributed by atoms with Crippen LogP contribution in [0.25, 0.3) is 0 Å². The summed E-state index contributed by atoms with van der Waals surface area (Å²) < 4.78 is 5.37. The van der Waals surface area contributed by atoms with Gasteiger partial charge in [-0.3, -0.25) is 9.89 Å². The van der Waals surface area contributed by atoms with Gasteiger partial charge in [0.1, 0.15) is 5.75 Å². The maximum absolute atomic E-state index is 12.5. The molecule has 1 aromatic carbocycles. The molecule has 0 bridgehead atoms. The van der Waals surface area contributed by atoms with Crippen molar-refractivity contribution in [3.8, 4) is 5.75 Å². The number of para-hydroxylation sites is 1. The minimum absolute atomic E-state index is 0.0160. The summed E-state index contributed by atoms with van der Waals surface area (Å²) in [5.74, 6) is 0.920. The molecule has 0 fully saturated rings. The van der Waals surface area contributed by atoms with Gasteiger partial charge in [-0.25, -0.2) is 0 Å². The van der Waals surface area contributed by atoms with Gasteiger partial charge >= 0.3 is 0 Å². The third-order valence-corrected chi connectivity index (χ3v) is 4.35. The predicted molar refractivity (Wildman–Crippen MR) is 83.7 cm³/mol. The molecule has 2 N–H and O–H groups in total. The summed E-state index contributed by atoms with van der Waals surface area (Å²) in [5, 5.41) is 10.2. The van der Waals surface area contributed by atoms with Crippen LogP contribution in [0.15, 0.2) is 30.5 Å². The zero-order valence-electron chi connectivity index (χ0n) is 12.9.